The Morgan fingerprint density at radius 3 is 2.57 bits per heavy atom. The molecule has 1 amide bonds. The van der Waals surface area contributed by atoms with E-state index in [1.54, 1.807) is 25.4 Å². The first-order valence-corrected chi connectivity index (χ1v) is 6.78. The molecule has 0 spiro atoms. The summed E-state index contributed by atoms with van der Waals surface area (Å²) in [5.74, 6) is 0.185. The molecule has 21 heavy (non-hydrogen) atoms. The zero-order valence-electron chi connectivity index (χ0n) is 12.5. The van der Waals surface area contributed by atoms with Crippen molar-refractivity contribution in [1.82, 2.24) is 20.3 Å². The zero-order valence-corrected chi connectivity index (χ0v) is 12.5. The van der Waals surface area contributed by atoms with Crippen LogP contribution in [-0.2, 0) is 24.8 Å². The number of aryl methyl sites for hydroxylation is 1. The highest BCUT2D eigenvalue weighted by atomic mass is 16.3. The van der Waals surface area contributed by atoms with Crippen LogP contribution in [0.2, 0.25) is 0 Å². The van der Waals surface area contributed by atoms with Gasteiger partial charge in [0.05, 0.1) is 12.7 Å². The number of amides is 1. The van der Waals surface area contributed by atoms with Crippen molar-refractivity contribution in [2.45, 2.75) is 26.8 Å². The number of phenolic OH excluding ortho intramolecular Hbond substituents is 1. The highest BCUT2D eigenvalue weighted by Crippen LogP contribution is 2.23. The van der Waals surface area contributed by atoms with Gasteiger partial charge in [0.25, 0.3) is 0 Å². The Labute approximate surface area is 123 Å². The van der Waals surface area contributed by atoms with Crippen molar-refractivity contribution in [2.24, 2.45) is 12.5 Å². The number of nitrogens with one attached hydrogen (secondary N) is 1. The SMILES string of the molecule is Cn1ncc(CNC(=O)C(C)(C)Cc2ccc(O)cc2)n1. The van der Waals surface area contributed by atoms with Gasteiger partial charge in [-0.1, -0.05) is 26.0 Å². The second-order valence-electron chi connectivity index (χ2n) is 5.74. The first kappa shape index (κ1) is 15.0. The van der Waals surface area contributed by atoms with Crippen molar-refractivity contribution in [3.05, 3.63) is 41.7 Å². The molecule has 0 aliphatic carbocycles. The third kappa shape index (κ3) is 4.05. The minimum Gasteiger partial charge on any atom is -0.508 e. The van der Waals surface area contributed by atoms with E-state index in [4.69, 9.17) is 0 Å². The summed E-state index contributed by atoms with van der Waals surface area (Å²) >= 11 is 0. The van der Waals surface area contributed by atoms with Crippen LogP contribution in [0.5, 0.6) is 5.75 Å². The van der Waals surface area contributed by atoms with E-state index in [-0.39, 0.29) is 11.7 Å². The number of benzene rings is 1. The van der Waals surface area contributed by atoms with E-state index in [0.29, 0.717) is 13.0 Å². The van der Waals surface area contributed by atoms with Gasteiger partial charge in [-0.25, -0.2) is 0 Å². The molecule has 0 saturated heterocycles. The molecule has 1 heterocycles. The van der Waals surface area contributed by atoms with Gasteiger partial charge in [0.15, 0.2) is 0 Å². The van der Waals surface area contributed by atoms with Crippen LogP contribution in [0.4, 0.5) is 0 Å². The molecule has 0 aliphatic heterocycles. The van der Waals surface area contributed by atoms with Gasteiger partial charge in [0, 0.05) is 12.5 Å². The quantitative estimate of drug-likeness (QED) is 0.871. The van der Waals surface area contributed by atoms with E-state index in [0.717, 1.165) is 11.3 Å². The fraction of sp³-hybridized carbons (Fsp3) is 0.400. The summed E-state index contributed by atoms with van der Waals surface area (Å²) in [4.78, 5) is 13.8. The number of carbonyl (C=O) groups is 1. The van der Waals surface area contributed by atoms with Crippen molar-refractivity contribution in [2.75, 3.05) is 0 Å². The number of hydrogen-bond donors (Lipinski definition) is 2. The molecule has 0 aliphatic rings. The third-order valence-electron chi connectivity index (χ3n) is 3.27. The van der Waals surface area contributed by atoms with Gasteiger partial charge in [-0.2, -0.15) is 15.0 Å². The van der Waals surface area contributed by atoms with Crippen LogP contribution >= 0.6 is 0 Å². The zero-order chi connectivity index (χ0) is 15.5. The van der Waals surface area contributed by atoms with Crippen molar-refractivity contribution in [1.29, 1.82) is 0 Å². The maximum absolute atomic E-state index is 12.3. The predicted molar refractivity (Wildman–Crippen MR) is 78.4 cm³/mol. The Balaban J connectivity index is 1.94. The Morgan fingerprint density at radius 1 is 1.33 bits per heavy atom. The number of hydrogen-bond acceptors (Lipinski definition) is 4. The number of aromatic nitrogens is 3. The summed E-state index contributed by atoms with van der Waals surface area (Å²) in [6.45, 7) is 4.16. The normalized spacial score (nSPS) is 11.4. The molecule has 0 atom stereocenters. The van der Waals surface area contributed by atoms with Crippen LogP contribution in [0.3, 0.4) is 0 Å². The van der Waals surface area contributed by atoms with Crippen LogP contribution in [-0.4, -0.2) is 26.0 Å². The first-order chi connectivity index (χ1) is 9.87. The first-order valence-electron chi connectivity index (χ1n) is 6.78. The van der Waals surface area contributed by atoms with Gasteiger partial charge in [-0.3, -0.25) is 4.79 Å². The van der Waals surface area contributed by atoms with E-state index in [1.165, 1.54) is 4.80 Å². The van der Waals surface area contributed by atoms with Crippen LogP contribution in [0.15, 0.2) is 30.5 Å². The molecule has 0 bridgehead atoms. The van der Waals surface area contributed by atoms with E-state index >= 15 is 0 Å². The van der Waals surface area contributed by atoms with Crippen molar-refractivity contribution in [3.63, 3.8) is 0 Å². The maximum atomic E-state index is 12.3. The smallest absolute Gasteiger partial charge is 0.226 e. The summed E-state index contributed by atoms with van der Waals surface area (Å²) in [6.07, 6.45) is 2.23. The maximum Gasteiger partial charge on any atom is 0.226 e. The van der Waals surface area contributed by atoms with Gasteiger partial charge < -0.3 is 10.4 Å². The Hall–Kier alpha value is -2.37. The second-order valence-corrected chi connectivity index (χ2v) is 5.74. The minimum atomic E-state index is -0.542. The third-order valence-corrected chi connectivity index (χ3v) is 3.27. The molecule has 112 valence electrons. The average Bonchev–Trinajstić information content (AvgIpc) is 2.84. The average molecular weight is 288 g/mol. The van der Waals surface area contributed by atoms with Crippen LogP contribution in [0.25, 0.3) is 0 Å². The molecule has 2 rings (SSSR count). The van der Waals surface area contributed by atoms with Crippen LogP contribution < -0.4 is 5.32 Å². The number of rotatable bonds is 5. The Bertz CT molecular complexity index is 617. The predicted octanol–water partition coefficient (Wildman–Crippen LogP) is 1.41. The van der Waals surface area contributed by atoms with Gasteiger partial charge in [0.1, 0.15) is 11.4 Å². The summed E-state index contributed by atoms with van der Waals surface area (Å²) in [5.41, 5.74) is 1.19. The minimum absolute atomic E-state index is 0.0405. The second kappa shape index (κ2) is 5.95. The van der Waals surface area contributed by atoms with Gasteiger partial charge in [0.2, 0.25) is 5.91 Å². The molecule has 0 saturated carbocycles. The number of phenols is 1. The molecule has 1 aromatic carbocycles. The largest absolute Gasteiger partial charge is 0.508 e. The lowest BCUT2D eigenvalue weighted by atomic mass is 9.85. The van der Waals surface area contributed by atoms with E-state index in [1.807, 2.05) is 26.0 Å². The highest BCUT2D eigenvalue weighted by Gasteiger charge is 2.27. The van der Waals surface area contributed by atoms with Crippen molar-refractivity contribution >= 4 is 5.91 Å². The molecule has 6 heteroatoms. The lowest BCUT2D eigenvalue weighted by Gasteiger charge is -2.23. The topological polar surface area (TPSA) is 80.0 Å². The fourth-order valence-corrected chi connectivity index (χ4v) is 2.08. The van der Waals surface area contributed by atoms with Crippen LogP contribution in [0.1, 0.15) is 25.1 Å². The van der Waals surface area contributed by atoms with E-state index in [2.05, 4.69) is 15.5 Å². The number of nitrogens with zero attached hydrogens (tertiary/aromatic N) is 3. The summed E-state index contributed by atoms with van der Waals surface area (Å²) < 4.78 is 0. The van der Waals surface area contributed by atoms with Crippen molar-refractivity contribution < 1.29 is 9.90 Å². The number of aromatic hydroxyl groups is 1. The van der Waals surface area contributed by atoms with Gasteiger partial charge in [-0.15, -0.1) is 0 Å². The van der Waals surface area contributed by atoms with Crippen molar-refractivity contribution in [3.8, 4) is 5.75 Å². The Morgan fingerprint density at radius 2 is 2.00 bits per heavy atom. The highest BCUT2D eigenvalue weighted by molar-refractivity contribution is 5.82. The Kier molecular flexibility index (Phi) is 4.26. The van der Waals surface area contributed by atoms with E-state index in [9.17, 15) is 9.90 Å². The van der Waals surface area contributed by atoms with Crippen LogP contribution in [0, 0.1) is 5.41 Å². The molecular formula is C15H20N4O2. The fourth-order valence-electron chi connectivity index (χ4n) is 2.08. The number of carbonyl (C=O) groups excluding carboxylic acids is 1. The molecule has 0 unspecified atom stereocenters. The monoisotopic (exact) mass is 288 g/mol. The molecule has 0 radical (unpaired) electrons. The lowest BCUT2D eigenvalue weighted by molar-refractivity contribution is -0.129. The summed E-state index contributed by atoms with van der Waals surface area (Å²) in [6, 6.07) is 6.91. The molecule has 1 aromatic heterocycles. The van der Waals surface area contributed by atoms with E-state index < -0.39 is 5.41 Å². The molecular weight excluding hydrogens is 268 g/mol. The molecule has 2 aromatic rings. The summed E-state index contributed by atoms with van der Waals surface area (Å²) in [7, 11) is 1.74. The van der Waals surface area contributed by atoms with Gasteiger partial charge in [-0.05, 0) is 24.1 Å². The standard InChI is InChI=1S/C15H20N4O2/c1-15(2,8-11-4-6-13(20)7-5-11)14(21)16-9-12-10-17-19(3)18-12/h4-7,10,20H,8-9H2,1-3H3,(H,16,21). The van der Waals surface area contributed by atoms with Gasteiger partial charge >= 0.3 is 0 Å². The lowest BCUT2D eigenvalue weighted by Crippen LogP contribution is -2.38. The molecule has 0 fully saturated rings. The molecule has 2 N–H and O–H groups in total. The summed E-state index contributed by atoms with van der Waals surface area (Å²) in [5, 5.41) is 20.2. The molecule has 6 nitrogen and oxygen atoms in total.